The van der Waals surface area contributed by atoms with Gasteiger partial charge in [0.1, 0.15) is 0 Å². The lowest BCUT2D eigenvalue weighted by atomic mass is 9.67. The monoisotopic (exact) mass is 335 g/mol. The van der Waals surface area contributed by atoms with Gasteiger partial charge in [-0.05, 0) is 50.4 Å². The second-order valence-electron chi connectivity index (χ2n) is 8.47. The molecule has 1 aliphatic heterocycles. The van der Waals surface area contributed by atoms with E-state index in [9.17, 15) is 9.59 Å². The fourth-order valence-corrected chi connectivity index (χ4v) is 5.03. The van der Waals surface area contributed by atoms with Gasteiger partial charge >= 0.3 is 0 Å². The van der Waals surface area contributed by atoms with Crippen molar-refractivity contribution >= 4 is 11.8 Å². The smallest absolute Gasteiger partial charge is 0.225 e. The number of carbonyl (C=O) groups excluding carboxylic acids is 2. The molecule has 2 bridgehead atoms. The average molecular weight is 335 g/mol. The first-order valence-corrected chi connectivity index (χ1v) is 9.80. The van der Waals surface area contributed by atoms with E-state index in [4.69, 9.17) is 5.73 Å². The van der Waals surface area contributed by atoms with Gasteiger partial charge in [-0.1, -0.05) is 20.3 Å². The Balaban J connectivity index is 1.52. The number of nitrogens with zero attached hydrogens (tertiary/aromatic N) is 1. The molecular formula is C19H33N3O2. The van der Waals surface area contributed by atoms with E-state index in [-0.39, 0.29) is 23.7 Å². The quantitative estimate of drug-likeness (QED) is 0.827. The zero-order valence-corrected chi connectivity index (χ0v) is 15.2. The van der Waals surface area contributed by atoms with Gasteiger partial charge in [-0.25, -0.2) is 0 Å². The maximum Gasteiger partial charge on any atom is 0.225 e. The molecule has 0 spiro atoms. The Morgan fingerprint density at radius 1 is 1.04 bits per heavy atom. The zero-order chi connectivity index (χ0) is 17.3. The second-order valence-corrected chi connectivity index (χ2v) is 8.47. The van der Waals surface area contributed by atoms with Gasteiger partial charge in [0.2, 0.25) is 11.8 Å². The Morgan fingerprint density at radius 2 is 1.62 bits per heavy atom. The lowest BCUT2D eigenvalue weighted by Crippen LogP contribution is -2.55. The first-order valence-electron chi connectivity index (χ1n) is 9.80. The molecule has 1 saturated heterocycles. The summed E-state index contributed by atoms with van der Waals surface area (Å²) in [6, 6.07) is 0.653. The van der Waals surface area contributed by atoms with Gasteiger partial charge in [-0.2, -0.15) is 0 Å². The largest absolute Gasteiger partial charge is 0.353 e. The van der Waals surface area contributed by atoms with Crippen molar-refractivity contribution in [2.75, 3.05) is 13.1 Å². The molecule has 0 aromatic carbocycles. The molecule has 24 heavy (non-hydrogen) atoms. The van der Waals surface area contributed by atoms with Crippen molar-refractivity contribution in [3.63, 3.8) is 0 Å². The van der Waals surface area contributed by atoms with Crippen LogP contribution in [0.5, 0.6) is 0 Å². The van der Waals surface area contributed by atoms with E-state index >= 15 is 0 Å². The van der Waals surface area contributed by atoms with Gasteiger partial charge in [-0.15, -0.1) is 0 Å². The highest BCUT2D eigenvalue weighted by atomic mass is 16.2. The number of carbonyl (C=O) groups is 2. The van der Waals surface area contributed by atoms with Gasteiger partial charge < -0.3 is 16.0 Å². The number of amides is 2. The summed E-state index contributed by atoms with van der Waals surface area (Å²) < 4.78 is 0. The van der Waals surface area contributed by atoms with Crippen LogP contribution in [0.1, 0.15) is 58.8 Å². The van der Waals surface area contributed by atoms with E-state index in [1.165, 1.54) is 19.3 Å². The molecule has 3 fully saturated rings. The Hall–Kier alpha value is -1.10. The van der Waals surface area contributed by atoms with Gasteiger partial charge in [-0.3, -0.25) is 9.59 Å². The normalized spacial score (nSPS) is 34.2. The Labute approximate surface area is 145 Å². The third kappa shape index (κ3) is 3.76. The van der Waals surface area contributed by atoms with Gasteiger partial charge in [0, 0.05) is 37.0 Å². The summed E-state index contributed by atoms with van der Waals surface area (Å²) in [4.78, 5) is 26.7. The topological polar surface area (TPSA) is 75.4 Å². The van der Waals surface area contributed by atoms with Crippen molar-refractivity contribution in [2.24, 2.45) is 29.4 Å². The average Bonchev–Trinajstić information content (AvgIpc) is 2.55. The van der Waals surface area contributed by atoms with Crippen molar-refractivity contribution in [2.45, 2.75) is 70.9 Å². The lowest BCUT2D eigenvalue weighted by Gasteiger charge is -2.45. The number of nitrogens with one attached hydrogen (secondary N) is 1. The van der Waals surface area contributed by atoms with E-state index in [1.54, 1.807) is 0 Å². The molecule has 5 heteroatoms. The van der Waals surface area contributed by atoms with Crippen LogP contribution in [0.3, 0.4) is 0 Å². The zero-order valence-electron chi connectivity index (χ0n) is 15.2. The fraction of sp³-hybridized carbons (Fsp3) is 0.895. The van der Waals surface area contributed by atoms with Crippen molar-refractivity contribution in [3.8, 4) is 0 Å². The molecule has 3 N–H and O–H groups in total. The molecule has 0 radical (unpaired) electrons. The predicted octanol–water partition coefficient (Wildman–Crippen LogP) is 1.90. The minimum atomic E-state index is 0.0428. The fourth-order valence-electron chi connectivity index (χ4n) is 5.03. The summed E-state index contributed by atoms with van der Waals surface area (Å²) in [5.74, 6) is 1.67. The summed E-state index contributed by atoms with van der Waals surface area (Å²) >= 11 is 0. The summed E-state index contributed by atoms with van der Waals surface area (Å²) in [5.41, 5.74) is 6.18. The van der Waals surface area contributed by atoms with Crippen molar-refractivity contribution in [3.05, 3.63) is 0 Å². The van der Waals surface area contributed by atoms with Crippen molar-refractivity contribution in [1.29, 1.82) is 0 Å². The molecule has 3 aliphatic rings. The standard InChI is InChI=1S/C19H33N3O2/c1-12(2)19(24)22-8-6-13(7-9-22)18(23)21-17-14-4-3-5-15(17)11-16(20)10-14/h12-17H,3-11,20H2,1-2H3,(H,21,23). The summed E-state index contributed by atoms with van der Waals surface area (Å²) in [7, 11) is 0. The number of rotatable bonds is 3. The van der Waals surface area contributed by atoms with Crippen LogP contribution in [0.4, 0.5) is 0 Å². The number of piperidine rings is 1. The Kier molecular flexibility index (Phi) is 5.48. The number of hydrogen-bond donors (Lipinski definition) is 2. The van der Waals surface area contributed by atoms with E-state index in [0.717, 1.165) is 38.8 Å². The molecule has 2 amide bonds. The third-order valence-electron chi connectivity index (χ3n) is 6.36. The highest BCUT2D eigenvalue weighted by Crippen LogP contribution is 2.40. The predicted molar refractivity (Wildman–Crippen MR) is 94.1 cm³/mol. The van der Waals surface area contributed by atoms with Crippen LogP contribution >= 0.6 is 0 Å². The summed E-state index contributed by atoms with van der Waals surface area (Å²) in [6.07, 6.45) is 7.40. The number of likely N-dealkylation sites (tertiary alicyclic amines) is 1. The molecule has 5 nitrogen and oxygen atoms in total. The van der Waals surface area contributed by atoms with Crippen LogP contribution in [0, 0.1) is 23.7 Å². The number of hydrogen-bond acceptors (Lipinski definition) is 3. The van der Waals surface area contributed by atoms with Gasteiger partial charge in [0.15, 0.2) is 0 Å². The van der Waals surface area contributed by atoms with Crippen LogP contribution in [0.25, 0.3) is 0 Å². The second kappa shape index (κ2) is 7.42. The minimum absolute atomic E-state index is 0.0428. The lowest BCUT2D eigenvalue weighted by molar-refractivity contribution is -0.138. The minimum Gasteiger partial charge on any atom is -0.353 e. The van der Waals surface area contributed by atoms with Crippen LogP contribution in [0.2, 0.25) is 0 Å². The number of nitrogens with two attached hydrogens (primary N) is 1. The molecule has 1 heterocycles. The Morgan fingerprint density at radius 3 is 2.17 bits per heavy atom. The SMILES string of the molecule is CC(C)C(=O)N1CCC(C(=O)NC2C3CCCC2CC(N)C3)CC1. The van der Waals surface area contributed by atoms with Crippen molar-refractivity contribution in [1.82, 2.24) is 10.2 Å². The Bertz CT molecular complexity index is 457. The number of fused-ring (bicyclic) bond motifs is 2. The van der Waals surface area contributed by atoms with Crippen LogP contribution in [0.15, 0.2) is 0 Å². The molecule has 0 aromatic rings. The van der Waals surface area contributed by atoms with E-state index in [2.05, 4.69) is 5.32 Å². The van der Waals surface area contributed by atoms with Crippen LogP contribution in [-0.2, 0) is 9.59 Å². The molecule has 2 unspecified atom stereocenters. The molecular weight excluding hydrogens is 302 g/mol. The maximum atomic E-state index is 12.7. The highest BCUT2D eigenvalue weighted by Gasteiger charge is 2.41. The molecule has 2 aliphatic carbocycles. The molecule has 0 aromatic heterocycles. The molecule has 2 saturated carbocycles. The molecule has 136 valence electrons. The van der Waals surface area contributed by atoms with E-state index in [1.807, 2.05) is 18.7 Å². The first kappa shape index (κ1) is 17.7. The van der Waals surface area contributed by atoms with Crippen LogP contribution < -0.4 is 11.1 Å². The van der Waals surface area contributed by atoms with Gasteiger partial charge in [0.25, 0.3) is 0 Å². The first-order chi connectivity index (χ1) is 11.5. The third-order valence-corrected chi connectivity index (χ3v) is 6.36. The van der Waals surface area contributed by atoms with Crippen LogP contribution in [-0.4, -0.2) is 41.9 Å². The van der Waals surface area contributed by atoms with E-state index < -0.39 is 0 Å². The molecule has 3 rings (SSSR count). The maximum absolute atomic E-state index is 12.7. The highest BCUT2D eigenvalue weighted by molar-refractivity contribution is 5.81. The van der Waals surface area contributed by atoms with E-state index in [0.29, 0.717) is 23.9 Å². The molecule has 2 atom stereocenters. The van der Waals surface area contributed by atoms with Gasteiger partial charge in [0.05, 0.1) is 0 Å². The van der Waals surface area contributed by atoms with Crippen molar-refractivity contribution < 1.29 is 9.59 Å². The summed E-state index contributed by atoms with van der Waals surface area (Å²) in [6.45, 7) is 5.32. The summed E-state index contributed by atoms with van der Waals surface area (Å²) in [5, 5.41) is 3.38.